The van der Waals surface area contributed by atoms with Crippen LogP contribution in [0.15, 0.2) is 35.2 Å². The highest BCUT2D eigenvalue weighted by Crippen LogP contribution is 2.29. The molecule has 2 unspecified atom stereocenters. The average molecular weight is 340 g/mol. The molecule has 0 spiro atoms. The second-order valence-corrected chi connectivity index (χ2v) is 10.5. The van der Waals surface area contributed by atoms with E-state index in [9.17, 15) is 25.3 Å². The molecule has 1 N–H and O–H groups in total. The molecule has 1 aromatic carbocycles. The number of hydrogen-bond acceptors (Lipinski definition) is 6. The summed E-state index contributed by atoms with van der Waals surface area (Å²) in [7, 11) is -12.8. The van der Waals surface area contributed by atoms with Gasteiger partial charge in [0.2, 0.25) is 0 Å². The Kier molecular flexibility index (Phi) is 3.70. The molecule has 112 valence electrons. The monoisotopic (exact) mass is 340 g/mol. The van der Waals surface area contributed by atoms with Gasteiger partial charge in [-0.15, -0.1) is 0 Å². The second kappa shape index (κ2) is 4.79. The van der Waals surface area contributed by atoms with Crippen molar-refractivity contribution in [3.63, 3.8) is 0 Å². The molecule has 1 heterocycles. The van der Waals surface area contributed by atoms with Gasteiger partial charge in [0.1, 0.15) is 5.25 Å². The van der Waals surface area contributed by atoms with Crippen LogP contribution in [0.4, 0.5) is 0 Å². The number of benzene rings is 1. The van der Waals surface area contributed by atoms with Gasteiger partial charge in [0.25, 0.3) is 10.1 Å². The lowest BCUT2D eigenvalue weighted by Gasteiger charge is -2.15. The Morgan fingerprint density at radius 2 is 1.45 bits per heavy atom. The minimum Gasteiger partial charge on any atom is -0.285 e. The molecule has 1 aliphatic rings. The molecule has 1 aromatic rings. The van der Waals surface area contributed by atoms with Crippen molar-refractivity contribution in [2.24, 2.45) is 0 Å². The maximum atomic E-state index is 12.3. The van der Waals surface area contributed by atoms with Crippen molar-refractivity contribution < 1.29 is 29.8 Å². The van der Waals surface area contributed by atoms with Crippen molar-refractivity contribution in [3.8, 4) is 0 Å². The van der Waals surface area contributed by atoms with Crippen LogP contribution in [0.25, 0.3) is 0 Å². The summed E-state index contributed by atoms with van der Waals surface area (Å²) >= 11 is 0. The average Bonchev–Trinajstić information content (AvgIpc) is 2.67. The van der Waals surface area contributed by atoms with E-state index in [1.54, 1.807) is 6.07 Å². The lowest BCUT2D eigenvalue weighted by atomic mass is 10.4. The van der Waals surface area contributed by atoms with Gasteiger partial charge in [-0.3, -0.25) is 4.55 Å². The van der Waals surface area contributed by atoms with E-state index in [0.717, 1.165) is 0 Å². The summed E-state index contributed by atoms with van der Waals surface area (Å²) in [5.74, 6) is -1.70. The summed E-state index contributed by atoms with van der Waals surface area (Å²) in [5.41, 5.74) is 0. The lowest BCUT2D eigenvalue weighted by Crippen LogP contribution is -2.38. The Hall–Kier alpha value is -0.970. The summed E-state index contributed by atoms with van der Waals surface area (Å²) in [6.45, 7) is 0. The fourth-order valence-electron chi connectivity index (χ4n) is 2.14. The van der Waals surface area contributed by atoms with E-state index in [-0.39, 0.29) is 4.90 Å². The Morgan fingerprint density at radius 3 is 1.95 bits per heavy atom. The van der Waals surface area contributed by atoms with Crippen LogP contribution in [0.1, 0.15) is 0 Å². The van der Waals surface area contributed by atoms with Crippen LogP contribution in [-0.4, -0.2) is 51.8 Å². The molecule has 0 amide bonds. The highest BCUT2D eigenvalue weighted by atomic mass is 32.2. The summed E-state index contributed by atoms with van der Waals surface area (Å²) in [6, 6.07) is 6.96. The molecule has 0 saturated carbocycles. The van der Waals surface area contributed by atoms with Gasteiger partial charge in [-0.1, -0.05) is 18.2 Å². The Bertz CT molecular complexity index is 807. The molecular formula is C10H12O7S3. The predicted molar refractivity (Wildman–Crippen MR) is 71.4 cm³/mol. The second-order valence-electron chi connectivity index (χ2n) is 4.53. The van der Waals surface area contributed by atoms with Crippen molar-refractivity contribution in [1.82, 2.24) is 0 Å². The first-order chi connectivity index (χ1) is 9.04. The van der Waals surface area contributed by atoms with E-state index in [0.29, 0.717) is 0 Å². The van der Waals surface area contributed by atoms with Gasteiger partial charge in [-0.25, -0.2) is 16.8 Å². The van der Waals surface area contributed by atoms with Gasteiger partial charge >= 0.3 is 0 Å². The first-order valence-corrected chi connectivity index (χ1v) is 10.4. The highest BCUT2D eigenvalue weighted by molar-refractivity contribution is 7.99. The zero-order valence-corrected chi connectivity index (χ0v) is 12.5. The predicted octanol–water partition coefficient (Wildman–Crippen LogP) is -0.486. The fraction of sp³-hybridized carbons (Fsp3) is 0.400. The molecule has 0 aromatic heterocycles. The minimum absolute atomic E-state index is 0.171. The van der Waals surface area contributed by atoms with Crippen LogP contribution in [0.2, 0.25) is 0 Å². The minimum atomic E-state index is -4.77. The zero-order valence-electron chi connectivity index (χ0n) is 10.1. The van der Waals surface area contributed by atoms with Crippen LogP contribution in [-0.2, 0) is 29.8 Å². The van der Waals surface area contributed by atoms with Gasteiger partial charge in [0.05, 0.1) is 21.7 Å². The van der Waals surface area contributed by atoms with Crippen LogP contribution < -0.4 is 0 Å². The third-order valence-electron chi connectivity index (χ3n) is 3.10. The van der Waals surface area contributed by atoms with Gasteiger partial charge in [0.15, 0.2) is 19.7 Å². The summed E-state index contributed by atoms with van der Waals surface area (Å²) in [6.07, 6.45) is 0. The topological polar surface area (TPSA) is 123 Å². The van der Waals surface area contributed by atoms with Crippen LogP contribution in [0, 0.1) is 0 Å². The van der Waals surface area contributed by atoms with E-state index in [2.05, 4.69) is 0 Å². The van der Waals surface area contributed by atoms with Crippen molar-refractivity contribution >= 4 is 29.8 Å². The number of sulfone groups is 2. The summed E-state index contributed by atoms with van der Waals surface area (Å²) in [4.78, 5) is -0.171. The molecule has 20 heavy (non-hydrogen) atoms. The molecule has 0 aliphatic carbocycles. The molecule has 1 saturated heterocycles. The molecule has 0 bridgehead atoms. The maximum absolute atomic E-state index is 12.3. The van der Waals surface area contributed by atoms with E-state index in [1.165, 1.54) is 24.3 Å². The van der Waals surface area contributed by atoms with E-state index < -0.39 is 51.8 Å². The smallest absolute Gasteiger partial charge is 0.270 e. The first-order valence-electron chi connectivity index (χ1n) is 5.50. The van der Waals surface area contributed by atoms with Gasteiger partial charge in [-0.05, 0) is 12.1 Å². The quantitative estimate of drug-likeness (QED) is 0.737. The normalized spacial score (nSPS) is 26.4. The van der Waals surface area contributed by atoms with Gasteiger partial charge < -0.3 is 0 Å². The van der Waals surface area contributed by atoms with Crippen molar-refractivity contribution in [1.29, 1.82) is 0 Å². The summed E-state index contributed by atoms with van der Waals surface area (Å²) < 4.78 is 79.3. The van der Waals surface area contributed by atoms with Gasteiger partial charge in [0, 0.05) is 0 Å². The molecular weight excluding hydrogens is 328 g/mol. The fourth-order valence-corrected chi connectivity index (χ4v) is 9.35. The first kappa shape index (κ1) is 15.4. The SMILES string of the molecule is O=S1(=O)CC(S(=O)(=O)O)C(S(=O)(=O)c2ccccc2)C1. The third-order valence-corrected chi connectivity index (χ3v) is 8.91. The number of hydrogen-bond donors (Lipinski definition) is 1. The molecule has 7 nitrogen and oxygen atoms in total. The Morgan fingerprint density at radius 1 is 0.950 bits per heavy atom. The molecule has 1 fully saturated rings. The van der Waals surface area contributed by atoms with E-state index in [1.807, 2.05) is 0 Å². The number of rotatable bonds is 3. The van der Waals surface area contributed by atoms with Crippen LogP contribution in [0.3, 0.4) is 0 Å². The lowest BCUT2D eigenvalue weighted by molar-refractivity contribution is 0.469. The molecule has 10 heteroatoms. The highest BCUT2D eigenvalue weighted by Gasteiger charge is 2.51. The van der Waals surface area contributed by atoms with Crippen molar-refractivity contribution in [2.45, 2.75) is 15.4 Å². The van der Waals surface area contributed by atoms with Gasteiger partial charge in [-0.2, -0.15) is 8.42 Å². The van der Waals surface area contributed by atoms with Crippen molar-refractivity contribution in [2.75, 3.05) is 11.5 Å². The van der Waals surface area contributed by atoms with E-state index >= 15 is 0 Å². The van der Waals surface area contributed by atoms with Crippen molar-refractivity contribution in [3.05, 3.63) is 30.3 Å². The Labute approximate surface area is 117 Å². The molecule has 2 atom stereocenters. The maximum Gasteiger partial charge on any atom is 0.270 e. The van der Waals surface area contributed by atoms with E-state index in [4.69, 9.17) is 4.55 Å². The summed E-state index contributed by atoms with van der Waals surface area (Å²) in [5, 5.41) is -3.54. The molecule has 2 rings (SSSR count). The Balaban J connectivity index is 2.56. The molecule has 0 radical (unpaired) electrons. The third kappa shape index (κ3) is 2.87. The standard InChI is InChI=1S/C10H12O7S3/c11-18(12)6-9(10(7-18)20(15,16)17)19(13,14)8-4-2-1-3-5-8/h1-5,9-10H,6-7H2,(H,15,16,17). The van der Waals surface area contributed by atoms with Crippen LogP contribution >= 0.6 is 0 Å². The molecule has 1 aliphatic heterocycles. The van der Waals surface area contributed by atoms with Crippen LogP contribution in [0.5, 0.6) is 0 Å². The zero-order chi connectivity index (χ0) is 15.2. The largest absolute Gasteiger partial charge is 0.285 e.